The highest BCUT2D eigenvalue weighted by Gasteiger charge is 2.18. The van der Waals surface area contributed by atoms with Crippen LogP contribution in [-0.4, -0.2) is 24.9 Å². The summed E-state index contributed by atoms with van der Waals surface area (Å²) in [4.78, 5) is 8.21. The van der Waals surface area contributed by atoms with Crippen molar-refractivity contribution in [3.05, 3.63) is 29.8 Å². The van der Waals surface area contributed by atoms with Crippen molar-refractivity contribution in [3.8, 4) is 5.75 Å². The second-order valence-electron chi connectivity index (χ2n) is 5.69. The van der Waals surface area contributed by atoms with Crippen LogP contribution in [0.2, 0.25) is 0 Å². The van der Waals surface area contributed by atoms with E-state index >= 15 is 0 Å². The van der Waals surface area contributed by atoms with Crippen molar-refractivity contribution in [2.24, 2.45) is 27.4 Å². The van der Waals surface area contributed by atoms with Crippen LogP contribution in [0, 0.1) is 5.92 Å². The SMILES string of the molecule is CCCCCCOc1cccc(CC2CN=C(N)N=C2N)c1. The third-order valence-electron chi connectivity index (χ3n) is 3.78. The summed E-state index contributed by atoms with van der Waals surface area (Å²) in [5, 5.41) is 0. The third kappa shape index (κ3) is 5.06. The zero-order valence-electron chi connectivity index (χ0n) is 13.3. The van der Waals surface area contributed by atoms with E-state index in [1.54, 1.807) is 0 Å². The molecule has 2 rings (SSSR count). The van der Waals surface area contributed by atoms with Gasteiger partial charge in [0.05, 0.1) is 13.2 Å². The van der Waals surface area contributed by atoms with Gasteiger partial charge in [0.25, 0.3) is 0 Å². The van der Waals surface area contributed by atoms with Gasteiger partial charge >= 0.3 is 0 Å². The molecule has 0 aromatic heterocycles. The molecule has 1 heterocycles. The zero-order valence-corrected chi connectivity index (χ0v) is 13.3. The van der Waals surface area contributed by atoms with Crippen LogP contribution >= 0.6 is 0 Å². The molecule has 1 aromatic rings. The van der Waals surface area contributed by atoms with Gasteiger partial charge in [-0.2, -0.15) is 0 Å². The molecule has 1 aromatic carbocycles. The molecular formula is C17H26N4O. The molecule has 0 fully saturated rings. The van der Waals surface area contributed by atoms with E-state index in [-0.39, 0.29) is 11.9 Å². The largest absolute Gasteiger partial charge is 0.494 e. The van der Waals surface area contributed by atoms with E-state index in [9.17, 15) is 0 Å². The standard InChI is InChI=1S/C17H26N4O/c1-2-3-4-5-9-22-15-8-6-7-13(11-15)10-14-12-20-17(19)21-16(14)18/h6-8,11,14H,2-5,9-10,12H2,1H3,(H4,18,19,20,21). The number of rotatable bonds is 8. The van der Waals surface area contributed by atoms with E-state index in [0.29, 0.717) is 12.4 Å². The van der Waals surface area contributed by atoms with Crippen molar-refractivity contribution >= 4 is 11.8 Å². The van der Waals surface area contributed by atoms with Crippen molar-refractivity contribution in [2.45, 2.75) is 39.0 Å². The first-order valence-electron chi connectivity index (χ1n) is 8.04. The van der Waals surface area contributed by atoms with Crippen LogP contribution < -0.4 is 16.2 Å². The van der Waals surface area contributed by atoms with E-state index in [1.165, 1.54) is 24.8 Å². The number of hydrogen-bond donors (Lipinski definition) is 2. The van der Waals surface area contributed by atoms with Gasteiger partial charge in [-0.25, -0.2) is 4.99 Å². The number of nitrogens with zero attached hydrogens (tertiary/aromatic N) is 2. The van der Waals surface area contributed by atoms with Crippen LogP contribution in [-0.2, 0) is 6.42 Å². The van der Waals surface area contributed by atoms with Crippen LogP contribution in [0.1, 0.15) is 38.2 Å². The second-order valence-corrected chi connectivity index (χ2v) is 5.69. The Morgan fingerprint density at radius 2 is 2.09 bits per heavy atom. The van der Waals surface area contributed by atoms with Crippen LogP contribution in [0.5, 0.6) is 5.75 Å². The smallest absolute Gasteiger partial charge is 0.217 e. The highest BCUT2D eigenvalue weighted by molar-refractivity contribution is 5.97. The first-order chi connectivity index (χ1) is 10.7. The van der Waals surface area contributed by atoms with Crippen LogP contribution in [0.3, 0.4) is 0 Å². The molecule has 1 unspecified atom stereocenters. The summed E-state index contributed by atoms with van der Waals surface area (Å²) in [5.41, 5.74) is 12.7. The quantitative estimate of drug-likeness (QED) is 0.723. The molecule has 0 radical (unpaired) electrons. The molecule has 4 N–H and O–H groups in total. The van der Waals surface area contributed by atoms with E-state index in [0.717, 1.165) is 25.2 Å². The number of guanidine groups is 1. The Balaban J connectivity index is 1.85. The number of benzene rings is 1. The summed E-state index contributed by atoms with van der Waals surface area (Å²) < 4.78 is 5.82. The number of amidine groups is 1. The molecule has 120 valence electrons. The predicted octanol–water partition coefficient (Wildman–Crippen LogP) is 2.49. The number of nitrogens with two attached hydrogens (primary N) is 2. The molecule has 5 nitrogen and oxygen atoms in total. The summed E-state index contributed by atoms with van der Waals surface area (Å²) in [6.45, 7) is 3.59. The second kappa shape index (κ2) is 8.41. The van der Waals surface area contributed by atoms with Gasteiger partial charge in [0.1, 0.15) is 11.6 Å². The van der Waals surface area contributed by atoms with Gasteiger partial charge in [0, 0.05) is 5.92 Å². The molecular weight excluding hydrogens is 276 g/mol. The lowest BCUT2D eigenvalue weighted by atomic mass is 9.97. The summed E-state index contributed by atoms with van der Waals surface area (Å²) >= 11 is 0. The zero-order chi connectivity index (χ0) is 15.8. The van der Waals surface area contributed by atoms with Gasteiger partial charge in [-0.15, -0.1) is 0 Å². The molecule has 0 saturated heterocycles. The van der Waals surface area contributed by atoms with Crippen LogP contribution in [0.25, 0.3) is 0 Å². The van der Waals surface area contributed by atoms with Crippen LogP contribution in [0.4, 0.5) is 0 Å². The molecule has 0 aliphatic carbocycles. The third-order valence-corrected chi connectivity index (χ3v) is 3.78. The van der Waals surface area contributed by atoms with Gasteiger partial charge in [0.15, 0.2) is 0 Å². The Labute approximate surface area is 132 Å². The first kappa shape index (κ1) is 16.3. The molecule has 0 saturated carbocycles. The highest BCUT2D eigenvalue weighted by atomic mass is 16.5. The Morgan fingerprint density at radius 1 is 1.23 bits per heavy atom. The van der Waals surface area contributed by atoms with Gasteiger partial charge in [-0.3, -0.25) is 4.99 Å². The van der Waals surface area contributed by atoms with Gasteiger partial charge in [-0.1, -0.05) is 38.3 Å². The maximum Gasteiger partial charge on any atom is 0.217 e. The Kier molecular flexibility index (Phi) is 6.25. The number of aliphatic imine (C=N–C) groups is 2. The van der Waals surface area contributed by atoms with Gasteiger partial charge < -0.3 is 16.2 Å². The molecule has 1 aliphatic heterocycles. The Morgan fingerprint density at radius 3 is 2.86 bits per heavy atom. The minimum absolute atomic E-state index is 0.118. The number of ether oxygens (including phenoxy) is 1. The van der Waals surface area contributed by atoms with E-state index in [1.807, 2.05) is 12.1 Å². The highest BCUT2D eigenvalue weighted by Crippen LogP contribution is 2.18. The predicted molar refractivity (Wildman–Crippen MR) is 91.4 cm³/mol. The van der Waals surface area contributed by atoms with Crippen molar-refractivity contribution in [1.82, 2.24) is 0 Å². The molecule has 0 bridgehead atoms. The van der Waals surface area contributed by atoms with Crippen molar-refractivity contribution in [3.63, 3.8) is 0 Å². The maximum absolute atomic E-state index is 5.94. The normalized spacial score (nSPS) is 17.8. The van der Waals surface area contributed by atoms with Gasteiger partial charge in [-0.05, 0) is 30.5 Å². The fourth-order valence-electron chi connectivity index (χ4n) is 2.49. The fraction of sp³-hybridized carbons (Fsp3) is 0.529. The van der Waals surface area contributed by atoms with Gasteiger partial charge in [0.2, 0.25) is 5.96 Å². The summed E-state index contributed by atoms with van der Waals surface area (Å²) in [6, 6.07) is 8.18. The Hall–Kier alpha value is -2.04. The number of unbranched alkanes of at least 4 members (excludes halogenated alkanes) is 3. The lowest BCUT2D eigenvalue weighted by Gasteiger charge is -2.18. The average Bonchev–Trinajstić information content (AvgIpc) is 2.50. The molecule has 22 heavy (non-hydrogen) atoms. The molecule has 1 aliphatic rings. The lowest BCUT2D eigenvalue weighted by Crippen LogP contribution is -2.34. The summed E-state index contributed by atoms with van der Waals surface area (Å²) in [6.07, 6.45) is 5.65. The van der Waals surface area contributed by atoms with Crippen molar-refractivity contribution in [1.29, 1.82) is 0 Å². The van der Waals surface area contributed by atoms with E-state index in [2.05, 4.69) is 29.0 Å². The lowest BCUT2D eigenvalue weighted by molar-refractivity contribution is 0.304. The van der Waals surface area contributed by atoms with Crippen molar-refractivity contribution in [2.75, 3.05) is 13.2 Å². The minimum atomic E-state index is 0.118. The molecule has 1 atom stereocenters. The molecule has 0 amide bonds. The first-order valence-corrected chi connectivity index (χ1v) is 8.04. The Bertz CT molecular complexity index is 539. The monoisotopic (exact) mass is 302 g/mol. The topological polar surface area (TPSA) is 86.0 Å². The average molecular weight is 302 g/mol. The fourth-order valence-corrected chi connectivity index (χ4v) is 2.49. The maximum atomic E-state index is 5.94. The molecule has 5 heteroatoms. The van der Waals surface area contributed by atoms with Crippen LogP contribution in [0.15, 0.2) is 34.3 Å². The van der Waals surface area contributed by atoms with Crippen molar-refractivity contribution < 1.29 is 4.74 Å². The minimum Gasteiger partial charge on any atom is -0.494 e. The molecule has 0 spiro atoms. The number of hydrogen-bond acceptors (Lipinski definition) is 5. The van der Waals surface area contributed by atoms with E-state index < -0.39 is 0 Å². The summed E-state index contributed by atoms with van der Waals surface area (Å²) in [7, 11) is 0. The summed E-state index contributed by atoms with van der Waals surface area (Å²) in [5.74, 6) is 1.88. The van der Waals surface area contributed by atoms with E-state index in [4.69, 9.17) is 16.2 Å².